The molecule has 2 saturated carbocycles. The summed E-state index contributed by atoms with van der Waals surface area (Å²) in [6, 6.07) is 4.30. The van der Waals surface area contributed by atoms with E-state index in [1.165, 1.54) is 12.8 Å². The smallest absolute Gasteiger partial charge is 0.223 e. The first-order valence-corrected chi connectivity index (χ1v) is 8.12. The number of aromatic amines is 1. The van der Waals surface area contributed by atoms with Crippen LogP contribution < -0.4 is 5.32 Å². The standard InChI is InChI=1S/C15H18N4O2S/c20-14(11-8-10(11)12-2-1-7-21-12)16-6-5-13-17-18-15(22)19(13)9-3-4-9/h1-2,7,9-11H,3-6,8H2,(H,16,20)(H,18,22)/t10-,11+/m1/s1. The first-order chi connectivity index (χ1) is 10.7. The molecule has 4 rings (SSSR count). The Balaban J connectivity index is 1.29. The summed E-state index contributed by atoms with van der Waals surface area (Å²) in [6.45, 7) is 0.590. The predicted molar refractivity (Wildman–Crippen MR) is 82.0 cm³/mol. The van der Waals surface area contributed by atoms with Crippen molar-refractivity contribution in [3.63, 3.8) is 0 Å². The lowest BCUT2D eigenvalue weighted by molar-refractivity contribution is -0.122. The van der Waals surface area contributed by atoms with Crippen molar-refractivity contribution in [2.45, 2.75) is 37.6 Å². The van der Waals surface area contributed by atoms with Crippen molar-refractivity contribution in [2.75, 3.05) is 6.54 Å². The summed E-state index contributed by atoms with van der Waals surface area (Å²) >= 11 is 5.25. The highest BCUT2D eigenvalue weighted by Crippen LogP contribution is 2.47. The third kappa shape index (κ3) is 2.61. The van der Waals surface area contributed by atoms with E-state index in [1.54, 1.807) is 6.26 Å². The summed E-state index contributed by atoms with van der Waals surface area (Å²) in [6.07, 6.45) is 5.57. The fourth-order valence-corrected chi connectivity index (χ4v) is 3.25. The number of nitrogens with one attached hydrogen (secondary N) is 2. The molecule has 2 aliphatic carbocycles. The van der Waals surface area contributed by atoms with Gasteiger partial charge in [0.2, 0.25) is 5.91 Å². The monoisotopic (exact) mass is 318 g/mol. The van der Waals surface area contributed by atoms with Crippen molar-refractivity contribution in [1.29, 1.82) is 0 Å². The number of amides is 1. The molecule has 0 aromatic carbocycles. The molecule has 2 aliphatic rings. The van der Waals surface area contributed by atoms with Crippen LogP contribution in [0.25, 0.3) is 0 Å². The second-order valence-electron chi connectivity index (χ2n) is 6.05. The van der Waals surface area contributed by atoms with Crippen molar-refractivity contribution in [1.82, 2.24) is 20.1 Å². The minimum absolute atomic E-state index is 0.0513. The Bertz CT molecular complexity index is 729. The Hall–Kier alpha value is -1.89. The highest BCUT2D eigenvalue weighted by atomic mass is 32.1. The molecule has 0 aliphatic heterocycles. The third-order valence-corrected chi connectivity index (χ3v) is 4.66. The fourth-order valence-electron chi connectivity index (χ4n) is 2.95. The molecule has 116 valence electrons. The maximum atomic E-state index is 12.1. The second-order valence-corrected chi connectivity index (χ2v) is 6.44. The summed E-state index contributed by atoms with van der Waals surface area (Å²) in [4.78, 5) is 12.1. The van der Waals surface area contributed by atoms with Crippen LogP contribution in [0.2, 0.25) is 0 Å². The largest absolute Gasteiger partial charge is 0.469 e. The van der Waals surface area contributed by atoms with E-state index >= 15 is 0 Å². The van der Waals surface area contributed by atoms with Crippen LogP contribution in [0.1, 0.15) is 42.8 Å². The first kappa shape index (κ1) is 13.8. The average molecular weight is 318 g/mol. The number of nitrogens with zero attached hydrogens (tertiary/aromatic N) is 2. The number of hydrogen-bond acceptors (Lipinski definition) is 4. The van der Waals surface area contributed by atoms with E-state index < -0.39 is 0 Å². The molecule has 0 bridgehead atoms. The number of aromatic nitrogens is 3. The lowest BCUT2D eigenvalue weighted by atomic mass is 10.2. The Morgan fingerprint density at radius 2 is 2.41 bits per heavy atom. The molecule has 2 fully saturated rings. The summed E-state index contributed by atoms with van der Waals surface area (Å²) in [7, 11) is 0. The quantitative estimate of drug-likeness (QED) is 0.802. The van der Waals surface area contributed by atoms with Crippen molar-refractivity contribution >= 4 is 18.1 Å². The predicted octanol–water partition coefficient (Wildman–Crippen LogP) is 2.33. The number of carbonyl (C=O) groups excluding carboxylic acids is 1. The number of hydrogen-bond donors (Lipinski definition) is 2. The first-order valence-electron chi connectivity index (χ1n) is 7.71. The Kier molecular flexibility index (Phi) is 3.37. The lowest BCUT2D eigenvalue weighted by Gasteiger charge is -2.06. The average Bonchev–Trinajstić information content (AvgIpc) is 3.42. The summed E-state index contributed by atoms with van der Waals surface area (Å²) < 4.78 is 8.13. The normalized spacial score (nSPS) is 23.5. The Morgan fingerprint density at radius 1 is 1.55 bits per heavy atom. The molecule has 6 nitrogen and oxygen atoms in total. The van der Waals surface area contributed by atoms with Gasteiger partial charge in [0.25, 0.3) is 0 Å². The van der Waals surface area contributed by atoms with Gasteiger partial charge in [-0.2, -0.15) is 5.10 Å². The van der Waals surface area contributed by atoms with Crippen molar-refractivity contribution in [2.24, 2.45) is 5.92 Å². The van der Waals surface area contributed by atoms with Crippen LogP contribution in [-0.4, -0.2) is 27.2 Å². The molecule has 2 aromatic heterocycles. The van der Waals surface area contributed by atoms with Crippen LogP contribution in [-0.2, 0) is 11.2 Å². The Labute approximate surface area is 132 Å². The van der Waals surface area contributed by atoms with Gasteiger partial charge in [0.1, 0.15) is 11.6 Å². The molecule has 1 amide bonds. The van der Waals surface area contributed by atoms with Gasteiger partial charge in [0.05, 0.1) is 6.26 Å². The van der Waals surface area contributed by atoms with Crippen LogP contribution in [0.4, 0.5) is 0 Å². The molecule has 22 heavy (non-hydrogen) atoms. The van der Waals surface area contributed by atoms with E-state index in [0.717, 1.165) is 18.0 Å². The molecular formula is C15H18N4O2S. The maximum Gasteiger partial charge on any atom is 0.223 e. The van der Waals surface area contributed by atoms with Gasteiger partial charge in [-0.05, 0) is 43.6 Å². The van der Waals surface area contributed by atoms with Gasteiger partial charge in [-0.25, -0.2) is 0 Å². The van der Waals surface area contributed by atoms with E-state index in [0.29, 0.717) is 23.8 Å². The molecule has 2 N–H and O–H groups in total. The third-order valence-electron chi connectivity index (χ3n) is 4.37. The van der Waals surface area contributed by atoms with Crippen LogP contribution in [0.15, 0.2) is 22.8 Å². The zero-order chi connectivity index (χ0) is 15.1. The van der Waals surface area contributed by atoms with Gasteiger partial charge < -0.3 is 14.3 Å². The topological polar surface area (TPSA) is 75.8 Å². The summed E-state index contributed by atoms with van der Waals surface area (Å²) in [5.74, 6) is 2.25. The van der Waals surface area contributed by atoms with Gasteiger partial charge in [-0.15, -0.1) is 0 Å². The summed E-state index contributed by atoms with van der Waals surface area (Å²) in [5.41, 5.74) is 0. The minimum atomic E-state index is 0.0513. The van der Waals surface area contributed by atoms with Gasteiger partial charge in [0, 0.05) is 30.8 Å². The molecule has 2 heterocycles. The molecule has 7 heteroatoms. The molecule has 0 saturated heterocycles. The van der Waals surface area contributed by atoms with Crippen molar-refractivity contribution in [3.8, 4) is 0 Å². The number of H-pyrrole nitrogens is 1. The van der Waals surface area contributed by atoms with Gasteiger partial charge in [-0.1, -0.05) is 0 Å². The van der Waals surface area contributed by atoms with Gasteiger partial charge in [0.15, 0.2) is 4.77 Å². The van der Waals surface area contributed by atoms with Crippen LogP contribution >= 0.6 is 12.2 Å². The van der Waals surface area contributed by atoms with E-state index in [1.807, 2.05) is 12.1 Å². The fraction of sp³-hybridized carbons (Fsp3) is 0.533. The van der Waals surface area contributed by atoms with Gasteiger partial charge >= 0.3 is 0 Å². The van der Waals surface area contributed by atoms with Crippen LogP contribution in [0.3, 0.4) is 0 Å². The number of rotatable bonds is 6. The SMILES string of the molecule is O=C(NCCc1n[nH]c(=S)n1C1CC1)[C@H]1C[C@H]1c1ccco1. The van der Waals surface area contributed by atoms with E-state index in [9.17, 15) is 4.79 Å². The molecule has 2 atom stereocenters. The second kappa shape index (κ2) is 5.39. The molecule has 0 radical (unpaired) electrons. The molecule has 0 unspecified atom stereocenters. The van der Waals surface area contributed by atoms with E-state index in [-0.39, 0.29) is 17.7 Å². The van der Waals surface area contributed by atoms with E-state index in [4.69, 9.17) is 16.6 Å². The highest BCUT2D eigenvalue weighted by Gasteiger charge is 2.45. The molecule has 0 spiro atoms. The Morgan fingerprint density at radius 3 is 3.14 bits per heavy atom. The van der Waals surface area contributed by atoms with E-state index in [2.05, 4.69) is 20.1 Å². The number of carbonyl (C=O) groups is 1. The molecule has 2 aromatic rings. The van der Waals surface area contributed by atoms with Gasteiger partial charge in [-0.3, -0.25) is 9.89 Å². The number of furan rings is 1. The van der Waals surface area contributed by atoms with Crippen molar-refractivity contribution in [3.05, 3.63) is 34.8 Å². The zero-order valence-electron chi connectivity index (χ0n) is 12.1. The summed E-state index contributed by atoms with van der Waals surface area (Å²) in [5, 5.41) is 10.1. The van der Waals surface area contributed by atoms with Crippen LogP contribution in [0, 0.1) is 10.7 Å². The minimum Gasteiger partial charge on any atom is -0.469 e. The molecular weight excluding hydrogens is 300 g/mol. The van der Waals surface area contributed by atoms with Crippen molar-refractivity contribution < 1.29 is 9.21 Å². The lowest BCUT2D eigenvalue weighted by Crippen LogP contribution is -2.28. The van der Waals surface area contributed by atoms with Crippen LogP contribution in [0.5, 0.6) is 0 Å². The highest BCUT2D eigenvalue weighted by molar-refractivity contribution is 7.71. The maximum absolute atomic E-state index is 12.1. The zero-order valence-corrected chi connectivity index (χ0v) is 12.9.